The Labute approximate surface area is 135 Å². The lowest BCUT2D eigenvalue weighted by Crippen LogP contribution is -2.34. The van der Waals surface area contributed by atoms with Crippen molar-refractivity contribution in [3.8, 4) is 0 Å². The summed E-state index contributed by atoms with van der Waals surface area (Å²) in [7, 11) is -3.10. The van der Waals surface area contributed by atoms with Crippen LogP contribution in [0.15, 0.2) is 30.5 Å². The van der Waals surface area contributed by atoms with E-state index in [0.717, 1.165) is 22.9 Å². The summed E-state index contributed by atoms with van der Waals surface area (Å²) in [5, 5.41) is 5.05. The fourth-order valence-electron chi connectivity index (χ4n) is 2.79. The van der Waals surface area contributed by atoms with E-state index in [2.05, 4.69) is 10.3 Å². The van der Waals surface area contributed by atoms with Crippen LogP contribution in [-0.2, 0) is 16.6 Å². The number of aromatic nitrogens is 1. The summed E-state index contributed by atoms with van der Waals surface area (Å²) in [5.74, 6) is 0. The van der Waals surface area contributed by atoms with E-state index in [1.54, 1.807) is 6.20 Å². The van der Waals surface area contributed by atoms with Gasteiger partial charge in [0.25, 0.3) is 0 Å². The van der Waals surface area contributed by atoms with E-state index in [1.165, 1.54) is 10.6 Å². The number of fused-ring (bicyclic) bond motifs is 1. The molecule has 0 amide bonds. The molecule has 0 saturated carbocycles. The molecule has 1 fully saturated rings. The van der Waals surface area contributed by atoms with Crippen LogP contribution in [-0.4, -0.2) is 43.1 Å². The second-order valence-electron chi connectivity index (χ2n) is 5.59. The predicted molar refractivity (Wildman–Crippen MR) is 88.4 cm³/mol. The number of benzene rings is 1. The highest BCUT2D eigenvalue weighted by atomic mass is 35.5. The molecule has 2 aromatic rings. The van der Waals surface area contributed by atoms with Gasteiger partial charge in [0.05, 0.1) is 11.8 Å². The Morgan fingerprint density at radius 2 is 2.23 bits per heavy atom. The molecule has 0 radical (unpaired) electrons. The average molecular weight is 340 g/mol. The van der Waals surface area contributed by atoms with Crippen LogP contribution < -0.4 is 5.32 Å². The lowest BCUT2D eigenvalue weighted by molar-refractivity contribution is 0.461. The van der Waals surface area contributed by atoms with Crippen molar-refractivity contribution in [3.63, 3.8) is 0 Å². The van der Waals surface area contributed by atoms with Crippen LogP contribution in [0.1, 0.15) is 12.0 Å². The topological polar surface area (TPSA) is 62.3 Å². The number of hydrogen-bond acceptors (Lipinski definition) is 4. The summed E-state index contributed by atoms with van der Waals surface area (Å²) >= 11 is 6.19. The zero-order chi connectivity index (χ0) is 15.7. The summed E-state index contributed by atoms with van der Waals surface area (Å²) < 4.78 is 24.6. The van der Waals surface area contributed by atoms with Gasteiger partial charge in [-0.2, -0.15) is 0 Å². The monoisotopic (exact) mass is 339 g/mol. The van der Waals surface area contributed by atoms with Gasteiger partial charge in [-0.25, -0.2) is 12.7 Å². The zero-order valence-corrected chi connectivity index (χ0v) is 13.9. The lowest BCUT2D eigenvalue weighted by Gasteiger charge is -2.15. The number of sulfonamides is 1. The Morgan fingerprint density at radius 1 is 1.41 bits per heavy atom. The first kappa shape index (κ1) is 15.7. The van der Waals surface area contributed by atoms with Crippen LogP contribution in [0.5, 0.6) is 0 Å². The molecule has 7 heteroatoms. The molecule has 118 valence electrons. The highest BCUT2D eigenvalue weighted by Gasteiger charge is 2.28. The van der Waals surface area contributed by atoms with E-state index in [-0.39, 0.29) is 6.04 Å². The molecule has 1 aromatic carbocycles. The zero-order valence-electron chi connectivity index (χ0n) is 12.3. The second kappa shape index (κ2) is 6.12. The molecular formula is C15H18ClN3O2S. The number of nitrogens with zero attached hydrogens (tertiary/aromatic N) is 2. The maximum atomic E-state index is 11.5. The Balaban J connectivity index is 1.72. The van der Waals surface area contributed by atoms with Gasteiger partial charge >= 0.3 is 0 Å². The van der Waals surface area contributed by atoms with Gasteiger partial charge in [0.2, 0.25) is 10.0 Å². The van der Waals surface area contributed by atoms with E-state index in [4.69, 9.17) is 11.6 Å². The van der Waals surface area contributed by atoms with Gasteiger partial charge in [-0.05, 0) is 30.2 Å². The summed E-state index contributed by atoms with van der Waals surface area (Å²) in [5.41, 5.74) is 1.96. The van der Waals surface area contributed by atoms with Crippen LogP contribution in [0.4, 0.5) is 0 Å². The molecule has 1 N–H and O–H groups in total. The quantitative estimate of drug-likeness (QED) is 0.925. The minimum Gasteiger partial charge on any atom is -0.308 e. The average Bonchev–Trinajstić information content (AvgIpc) is 2.96. The van der Waals surface area contributed by atoms with E-state index in [1.807, 2.05) is 24.3 Å². The van der Waals surface area contributed by atoms with Gasteiger partial charge in [-0.15, -0.1) is 0 Å². The van der Waals surface area contributed by atoms with Crippen LogP contribution in [0.25, 0.3) is 10.9 Å². The molecule has 1 atom stereocenters. The molecule has 1 saturated heterocycles. The number of nitrogens with one attached hydrogen (secondary N) is 1. The largest absolute Gasteiger partial charge is 0.308 e. The maximum Gasteiger partial charge on any atom is 0.211 e. The molecule has 1 unspecified atom stereocenters. The molecule has 1 aliphatic rings. The molecule has 22 heavy (non-hydrogen) atoms. The summed E-state index contributed by atoms with van der Waals surface area (Å²) in [6.45, 7) is 1.75. The van der Waals surface area contributed by atoms with Crippen molar-refractivity contribution >= 4 is 32.5 Å². The second-order valence-corrected chi connectivity index (χ2v) is 7.98. The van der Waals surface area contributed by atoms with Gasteiger partial charge in [-0.1, -0.05) is 17.7 Å². The number of hydrogen-bond donors (Lipinski definition) is 1. The molecule has 0 spiro atoms. The van der Waals surface area contributed by atoms with Crippen LogP contribution in [0, 0.1) is 0 Å². The van der Waals surface area contributed by atoms with E-state index in [9.17, 15) is 8.42 Å². The maximum absolute atomic E-state index is 11.5. The third-order valence-electron chi connectivity index (χ3n) is 4.00. The van der Waals surface area contributed by atoms with Crippen molar-refractivity contribution < 1.29 is 8.42 Å². The van der Waals surface area contributed by atoms with Crippen molar-refractivity contribution in [2.24, 2.45) is 0 Å². The summed E-state index contributed by atoms with van der Waals surface area (Å²) in [6, 6.07) is 7.83. The lowest BCUT2D eigenvalue weighted by atomic mass is 10.1. The van der Waals surface area contributed by atoms with Crippen LogP contribution >= 0.6 is 11.6 Å². The minimum absolute atomic E-state index is 0.171. The molecule has 1 aliphatic heterocycles. The van der Waals surface area contributed by atoms with Crippen molar-refractivity contribution in [3.05, 3.63) is 41.0 Å². The Kier molecular flexibility index (Phi) is 4.36. The van der Waals surface area contributed by atoms with Crippen molar-refractivity contribution in [1.29, 1.82) is 0 Å². The molecule has 3 rings (SSSR count). The first-order valence-electron chi connectivity index (χ1n) is 7.16. The first-order valence-corrected chi connectivity index (χ1v) is 9.38. The van der Waals surface area contributed by atoms with Gasteiger partial charge in [0, 0.05) is 42.3 Å². The number of pyridine rings is 1. The van der Waals surface area contributed by atoms with Crippen LogP contribution in [0.2, 0.25) is 5.02 Å². The smallest absolute Gasteiger partial charge is 0.211 e. The predicted octanol–water partition coefficient (Wildman–Crippen LogP) is 2.01. The minimum atomic E-state index is -3.10. The Hall–Kier alpha value is -1.21. The molecule has 2 heterocycles. The van der Waals surface area contributed by atoms with E-state index >= 15 is 0 Å². The fourth-order valence-corrected chi connectivity index (χ4v) is 3.89. The van der Waals surface area contributed by atoms with Gasteiger partial charge in [-0.3, -0.25) is 4.98 Å². The summed E-state index contributed by atoms with van der Waals surface area (Å²) in [6.07, 6.45) is 3.83. The van der Waals surface area contributed by atoms with Crippen molar-refractivity contribution in [2.75, 3.05) is 19.3 Å². The number of halogens is 1. The van der Waals surface area contributed by atoms with E-state index < -0.39 is 10.0 Å². The highest BCUT2D eigenvalue weighted by Crippen LogP contribution is 2.25. The molecular weight excluding hydrogens is 322 g/mol. The Bertz CT molecular complexity index is 794. The van der Waals surface area contributed by atoms with Crippen molar-refractivity contribution in [1.82, 2.24) is 14.6 Å². The molecule has 1 aromatic heterocycles. The SMILES string of the molecule is CS(=O)(=O)N1CCC(NCc2ccc(Cl)c3cccnc23)C1. The Morgan fingerprint density at radius 3 is 2.95 bits per heavy atom. The molecule has 0 bridgehead atoms. The standard InChI is InChI=1S/C15H18ClN3O2S/c1-22(20,21)19-8-6-12(10-19)18-9-11-4-5-14(16)13-3-2-7-17-15(11)13/h2-5,7,12,18H,6,8-10H2,1H3. The van der Waals surface area contributed by atoms with Gasteiger partial charge in [0.15, 0.2) is 0 Å². The molecule has 5 nitrogen and oxygen atoms in total. The normalized spacial score (nSPS) is 19.8. The first-order chi connectivity index (χ1) is 10.4. The fraction of sp³-hybridized carbons (Fsp3) is 0.400. The van der Waals surface area contributed by atoms with Crippen molar-refractivity contribution in [2.45, 2.75) is 19.0 Å². The van der Waals surface area contributed by atoms with Crippen LogP contribution in [0.3, 0.4) is 0 Å². The third-order valence-corrected chi connectivity index (χ3v) is 5.60. The third kappa shape index (κ3) is 3.25. The van der Waals surface area contributed by atoms with E-state index in [0.29, 0.717) is 24.7 Å². The highest BCUT2D eigenvalue weighted by molar-refractivity contribution is 7.88. The van der Waals surface area contributed by atoms with Gasteiger partial charge in [0.1, 0.15) is 0 Å². The molecule has 0 aliphatic carbocycles. The summed E-state index contributed by atoms with van der Waals surface area (Å²) in [4.78, 5) is 4.41. The van der Waals surface area contributed by atoms with Gasteiger partial charge < -0.3 is 5.32 Å². The number of rotatable bonds is 4.